The summed E-state index contributed by atoms with van der Waals surface area (Å²) in [4.78, 5) is 15.9. The fourth-order valence-electron chi connectivity index (χ4n) is 2.11. The molecule has 1 aromatic heterocycles. The molecule has 0 aromatic carbocycles. The number of rotatable bonds is 2. The minimum absolute atomic E-state index is 0.123. The predicted octanol–water partition coefficient (Wildman–Crippen LogP) is 2.46. The van der Waals surface area contributed by atoms with Gasteiger partial charge in [-0.15, -0.1) is 0 Å². The van der Waals surface area contributed by atoms with Crippen LogP contribution in [0.25, 0.3) is 0 Å². The highest BCUT2D eigenvalue weighted by Gasteiger charge is 2.27. The SMILES string of the molecule is CC1CCC(C(=O)Nc2ccccn2)C1. The Labute approximate surface area is 89.9 Å². The molecule has 2 rings (SSSR count). The highest BCUT2D eigenvalue weighted by molar-refractivity contribution is 5.91. The maximum Gasteiger partial charge on any atom is 0.228 e. The molecule has 1 aromatic rings. The van der Waals surface area contributed by atoms with E-state index >= 15 is 0 Å². The Balaban J connectivity index is 1.93. The molecule has 1 N–H and O–H groups in total. The first-order valence-electron chi connectivity index (χ1n) is 5.47. The van der Waals surface area contributed by atoms with Crippen LogP contribution in [-0.4, -0.2) is 10.9 Å². The summed E-state index contributed by atoms with van der Waals surface area (Å²) in [6.07, 6.45) is 4.88. The van der Waals surface area contributed by atoms with Crippen LogP contribution in [0, 0.1) is 11.8 Å². The molecule has 1 aliphatic carbocycles. The van der Waals surface area contributed by atoms with Crippen LogP contribution < -0.4 is 5.32 Å². The number of nitrogens with one attached hydrogen (secondary N) is 1. The van der Waals surface area contributed by atoms with Crippen molar-refractivity contribution >= 4 is 11.7 Å². The van der Waals surface area contributed by atoms with Crippen LogP contribution in [0.1, 0.15) is 26.2 Å². The van der Waals surface area contributed by atoms with E-state index in [0.717, 1.165) is 12.8 Å². The molecule has 3 heteroatoms. The second-order valence-corrected chi connectivity index (χ2v) is 4.32. The number of hydrogen-bond acceptors (Lipinski definition) is 2. The molecule has 3 nitrogen and oxygen atoms in total. The monoisotopic (exact) mass is 204 g/mol. The fraction of sp³-hybridized carbons (Fsp3) is 0.500. The summed E-state index contributed by atoms with van der Waals surface area (Å²) in [5.41, 5.74) is 0. The number of pyridine rings is 1. The van der Waals surface area contributed by atoms with Crippen molar-refractivity contribution < 1.29 is 4.79 Å². The molecule has 0 spiro atoms. The molecule has 0 bridgehead atoms. The number of hydrogen-bond donors (Lipinski definition) is 1. The Morgan fingerprint density at radius 1 is 1.47 bits per heavy atom. The van der Waals surface area contributed by atoms with Crippen LogP contribution >= 0.6 is 0 Å². The van der Waals surface area contributed by atoms with Gasteiger partial charge in [0.05, 0.1) is 0 Å². The molecule has 0 radical (unpaired) electrons. The summed E-state index contributed by atoms with van der Waals surface area (Å²) in [6.45, 7) is 2.20. The van der Waals surface area contributed by atoms with Crippen LogP contribution in [0.15, 0.2) is 24.4 Å². The quantitative estimate of drug-likeness (QED) is 0.804. The largest absolute Gasteiger partial charge is 0.310 e. The van der Waals surface area contributed by atoms with Crippen LogP contribution in [-0.2, 0) is 4.79 Å². The zero-order chi connectivity index (χ0) is 10.7. The highest BCUT2D eigenvalue weighted by atomic mass is 16.1. The standard InChI is InChI=1S/C12H16N2O/c1-9-5-6-10(8-9)12(15)14-11-4-2-3-7-13-11/h2-4,7,9-10H,5-6,8H2,1H3,(H,13,14,15). The summed E-state index contributed by atoms with van der Waals surface area (Å²) in [6, 6.07) is 5.53. The molecule has 2 atom stereocenters. The maximum atomic E-state index is 11.8. The summed E-state index contributed by atoms with van der Waals surface area (Å²) >= 11 is 0. The molecular weight excluding hydrogens is 188 g/mol. The van der Waals surface area contributed by atoms with Crippen LogP contribution in [0.3, 0.4) is 0 Å². The van der Waals surface area contributed by atoms with Gasteiger partial charge in [-0.05, 0) is 37.3 Å². The first-order valence-corrected chi connectivity index (χ1v) is 5.47. The van der Waals surface area contributed by atoms with Crippen molar-refractivity contribution in [3.05, 3.63) is 24.4 Å². The summed E-state index contributed by atoms with van der Waals surface area (Å²) in [5, 5.41) is 2.85. The number of carbonyl (C=O) groups excluding carboxylic acids is 1. The van der Waals surface area contributed by atoms with E-state index in [1.165, 1.54) is 6.42 Å². The molecule has 0 aliphatic heterocycles. The highest BCUT2D eigenvalue weighted by Crippen LogP contribution is 2.30. The van der Waals surface area contributed by atoms with Gasteiger partial charge in [-0.3, -0.25) is 4.79 Å². The normalized spacial score (nSPS) is 25.1. The Kier molecular flexibility index (Phi) is 2.99. The molecule has 80 valence electrons. The van der Waals surface area contributed by atoms with Gasteiger partial charge in [-0.1, -0.05) is 13.0 Å². The van der Waals surface area contributed by atoms with E-state index in [1.54, 1.807) is 6.20 Å². The molecule has 1 aliphatic rings. The summed E-state index contributed by atoms with van der Waals surface area (Å²) in [5.74, 6) is 1.64. The number of nitrogens with zero attached hydrogens (tertiary/aromatic N) is 1. The molecule has 15 heavy (non-hydrogen) atoms. The van der Waals surface area contributed by atoms with Gasteiger partial charge < -0.3 is 5.32 Å². The Bertz CT molecular complexity index is 337. The molecule has 2 unspecified atom stereocenters. The lowest BCUT2D eigenvalue weighted by atomic mass is 10.1. The third-order valence-corrected chi connectivity index (χ3v) is 2.98. The van der Waals surface area contributed by atoms with Gasteiger partial charge in [-0.2, -0.15) is 0 Å². The van der Waals surface area contributed by atoms with Gasteiger partial charge in [0.1, 0.15) is 5.82 Å². The first-order chi connectivity index (χ1) is 7.25. The smallest absolute Gasteiger partial charge is 0.228 e. The summed E-state index contributed by atoms with van der Waals surface area (Å²) < 4.78 is 0. The van der Waals surface area contributed by atoms with E-state index in [0.29, 0.717) is 11.7 Å². The second kappa shape index (κ2) is 4.43. The lowest BCUT2D eigenvalue weighted by Gasteiger charge is -2.09. The number of aromatic nitrogens is 1. The van der Waals surface area contributed by atoms with E-state index in [2.05, 4.69) is 17.2 Å². The van der Waals surface area contributed by atoms with Crippen molar-refractivity contribution in [3.63, 3.8) is 0 Å². The summed E-state index contributed by atoms with van der Waals surface area (Å²) in [7, 11) is 0. The molecule has 1 heterocycles. The van der Waals surface area contributed by atoms with Crippen molar-refractivity contribution in [3.8, 4) is 0 Å². The van der Waals surface area contributed by atoms with E-state index in [-0.39, 0.29) is 11.8 Å². The van der Waals surface area contributed by atoms with Gasteiger partial charge >= 0.3 is 0 Å². The Hall–Kier alpha value is -1.38. The average molecular weight is 204 g/mol. The van der Waals surface area contributed by atoms with Gasteiger partial charge in [-0.25, -0.2) is 4.98 Å². The number of carbonyl (C=O) groups is 1. The predicted molar refractivity (Wildman–Crippen MR) is 59.4 cm³/mol. The van der Waals surface area contributed by atoms with E-state index in [1.807, 2.05) is 18.2 Å². The zero-order valence-corrected chi connectivity index (χ0v) is 8.94. The van der Waals surface area contributed by atoms with Crippen LogP contribution in [0.2, 0.25) is 0 Å². The number of amides is 1. The van der Waals surface area contributed by atoms with E-state index < -0.39 is 0 Å². The van der Waals surface area contributed by atoms with Gasteiger partial charge in [0, 0.05) is 12.1 Å². The third-order valence-electron chi connectivity index (χ3n) is 2.98. The molecule has 1 amide bonds. The molecule has 1 saturated carbocycles. The Morgan fingerprint density at radius 2 is 2.33 bits per heavy atom. The fourth-order valence-corrected chi connectivity index (χ4v) is 2.11. The third kappa shape index (κ3) is 2.55. The van der Waals surface area contributed by atoms with E-state index in [4.69, 9.17) is 0 Å². The van der Waals surface area contributed by atoms with Crippen molar-refractivity contribution in [1.82, 2.24) is 4.98 Å². The minimum Gasteiger partial charge on any atom is -0.310 e. The topological polar surface area (TPSA) is 42.0 Å². The van der Waals surface area contributed by atoms with E-state index in [9.17, 15) is 4.79 Å². The van der Waals surface area contributed by atoms with Crippen molar-refractivity contribution in [1.29, 1.82) is 0 Å². The first kappa shape index (κ1) is 10.1. The van der Waals surface area contributed by atoms with Crippen molar-refractivity contribution in [2.45, 2.75) is 26.2 Å². The van der Waals surface area contributed by atoms with Crippen molar-refractivity contribution in [2.24, 2.45) is 11.8 Å². The van der Waals surface area contributed by atoms with Crippen LogP contribution in [0.5, 0.6) is 0 Å². The van der Waals surface area contributed by atoms with Crippen LogP contribution in [0.4, 0.5) is 5.82 Å². The van der Waals surface area contributed by atoms with Gasteiger partial charge in [0.25, 0.3) is 0 Å². The average Bonchev–Trinajstić information content (AvgIpc) is 2.66. The lowest BCUT2D eigenvalue weighted by Crippen LogP contribution is -2.21. The molecular formula is C12H16N2O. The maximum absolute atomic E-state index is 11.8. The Morgan fingerprint density at radius 3 is 2.93 bits per heavy atom. The minimum atomic E-state index is 0.123. The lowest BCUT2D eigenvalue weighted by molar-refractivity contribution is -0.119. The number of anilines is 1. The second-order valence-electron chi connectivity index (χ2n) is 4.32. The van der Waals surface area contributed by atoms with Gasteiger partial charge in [0.2, 0.25) is 5.91 Å². The van der Waals surface area contributed by atoms with Gasteiger partial charge in [0.15, 0.2) is 0 Å². The molecule has 0 saturated heterocycles. The van der Waals surface area contributed by atoms with Crippen molar-refractivity contribution in [2.75, 3.05) is 5.32 Å². The zero-order valence-electron chi connectivity index (χ0n) is 8.94. The molecule has 1 fully saturated rings.